The maximum absolute atomic E-state index is 12.4. The van der Waals surface area contributed by atoms with Crippen LogP contribution in [0.5, 0.6) is 0 Å². The number of rotatable bonds is 3. The number of carbonyl (C=O) groups is 1. The Morgan fingerprint density at radius 1 is 1.18 bits per heavy atom. The van der Waals surface area contributed by atoms with E-state index in [1.54, 1.807) is 0 Å². The molecule has 0 N–H and O–H groups in total. The van der Waals surface area contributed by atoms with Gasteiger partial charge in [0.15, 0.2) is 5.78 Å². The number of carbonyl (C=O) groups excluding carboxylic acids is 1. The molecule has 0 saturated heterocycles. The van der Waals surface area contributed by atoms with Crippen molar-refractivity contribution in [3.05, 3.63) is 34.9 Å². The van der Waals surface area contributed by atoms with Crippen LogP contribution in [-0.2, 0) is 12.8 Å². The molecule has 1 aliphatic carbocycles. The Bertz CT molecular complexity index is 429. The second-order valence-corrected chi connectivity index (χ2v) is 5.76. The van der Waals surface area contributed by atoms with E-state index in [-0.39, 0.29) is 11.2 Å². The van der Waals surface area contributed by atoms with Crippen molar-refractivity contribution in [2.75, 3.05) is 0 Å². The molecule has 1 heteroatoms. The van der Waals surface area contributed by atoms with Crippen molar-refractivity contribution < 1.29 is 4.79 Å². The van der Waals surface area contributed by atoms with Crippen LogP contribution in [0.25, 0.3) is 0 Å². The molecule has 17 heavy (non-hydrogen) atoms. The van der Waals surface area contributed by atoms with Gasteiger partial charge in [0, 0.05) is 11.0 Å². The van der Waals surface area contributed by atoms with Gasteiger partial charge in [0.25, 0.3) is 0 Å². The second kappa shape index (κ2) is 4.64. The molecule has 2 rings (SSSR count). The fourth-order valence-electron chi connectivity index (χ4n) is 2.43. The molecule has 0 heterocycles. The highest BCUT2D eigenvalue weighted by molar-refractivity contribution is 6.00. The lowest BCUT2D eigenvalue weighted by Crippen LogP contribution is -2.23. The van der Waals surface area contributed by atoms with Crippen molar-refractivity contribution in [2.24, 2.45) is 5.41 Å². The topological polar surface area (TPSA) is 17.1 Å². The molecule has 0 amide bonds. The van der Waals surface area contributed by atoms with Crippen molar-refractivity contribution in [3.63, 3.8) is 0 Å². The summed E-state index contributed by atoms with van der Waals surface area (Å²) in [6.07, 6.45) is 5.77. The summed E-state index contributed by atoms with van der Waals surface area (Å²) < 4.78 is 0. The van der Waals surface area contributed by atoms with E-state index >= 15 is 0 Å². The normalized spacial score (nSPS) is 15.5. The van der Waals surface area contributed by atoms with E-state index in [9.17, 15) is 4.79 Å². The van der Waals surface area contributed by atoms with E-state index < -0.39 is 0 Å². The molecule has 0 saturated carbocycles. The SMILES string of the molecule is CCC(C)(C)C(=O)c1ccc2c(c1)CCCC2. The summed E-state index contributed by atoms with van der Waals surface area (Å²) >= 11 is 0. The number of Topliss-reactive ketones (excluding diaryl/α,β-unsaturated/α-hetero) is 1. The van der Waals surface area contributed by atoms with Crippen LogP contribution in [0.4, 0.5) is 0 Å². The van der Waals surface area contributed by atoms with Gasteiger partial charge in [-0.05, 0) is 49.3 Å². The van der Waals surface area contributed by atoms with Gasteiger partial charge in [0.2, 0.25) is 0 Å². The van der Waals surface area contributed by atoms with E-state index in [0.717, 1.165) is 18.4 Å². The van der Waals surface area contributed by atoms with Gasteiger partial charge in [-0.1, -0.05) is 32.9 Å². The minimum Gasteiger partial charge on any atom is -0.294 e. The summed E-state index contributed by atoms with van der Waals surface area (Å²) in [5, 5.41) is 0. The van der Waals surface area contributed by atoms with Gasteiger partial charge in [-0.15, -0.1) is 0 Å². The van der Waals surface area contributed by atoms with Crippen molar-refractivity contribution >= 4 is 5.78 Å². The molecule has 0 radical (unpaired) electrons. The summed E-state index contributed by atoms with van der Waals surface area (Å²) in [5.74, 6) is 0.286. The van der Waals surface area contributed by atoms with Gasteiger partial charge in [-0.2, -0.15) is 0 Å². The Labute approximate surface area is 104 Å². The zero-order chi connectivity index (χ0) is 12.5. The Morgan fingerprint density at radius 2 is 1.82 bits per heavy atom. The zero-order valence-corrected chi connectivity index (χ0v) is 11.2. The zero-order valence-electron chi connectivity index (χ0n) is 11.2. The minimum atomic E-state index is -0.233. The molecule has 0 unspecified atom stereocenters. The van der Waals surface area contributed by atoms with Crippen LogP contribution in [-0.4, -0.2) is 5.78 Å². The number of benzene rings is 1. The number of hydrogen-bond acceptors (Lipinski definition) is 1. The largest absolute Gasteiger partial charge is 0.294 e. The summed E-state index contributed by atoms with van der Waals surface area (Å²) in [6, 6.07) is 6.31. The van der Waals surface area contributed by atoms with Crippen molar-refractivity contribution in [1.29, 1.82) is 0 Å². The van der Waals surface area contributed by atoms with Crippen LogP contribution in [0.2, 0.25) is 0 Å². The summed E-state index contributed by atoms with van der Waals surface area (Å²) in [5.41, 5.74) is 3.51. The average Bonchev–Trinajstić information content (AvgIpc) is 2.37. The predicted octanol–water partition coefficient (Wildman–Crippen LogP) is 4.18. The van der Waals surface area contributed by atoms with Crippen LogP contribution < -0.4 is 0 Å². The first-order valence-electron chi connectivity index (χ1n) is 6.71. The van der Waals surface area contributed by atoms with E-state index in [1.165, 1.54) is 30.4 Å². The molecule has 0 aliphatic heterocycles. The van der Waals surface area contributed by atoms with Gasteiger partial charge in [0.1, 0.15) is 0 Å². The number of ketones is 1. The highest BCUT2D eigenvalue weighted by Crippen LogP contribution is 2.28. The molecule has 0 fully saturated rings. The summed E-state index contributed by atoms with van der Waals surface area (Å²) in [7, 11) is 0. The molecular formula is C16H22O. The van der Waals surface area contributed by atoms with Gasteiger partial charge < -0.3 is 0 Å². The fourth-order valence-corrected chi connectivity index (χ4v) is 2.43. The van der Waals surface area contributed by atoms with E-state index in [1.807, 2.05) is 19.9 Å². The van der Waals surface area contributed by atoms with Gasteiger partial charge in [-0.25, -0.2) is 0 Å². The van der Waals surface area contributed by atoms with Crippen LogP contribution in [0.1, 0.15) is 61.5 Å². The third-order valence-corrected chi connectivity index (χ3v) is 4.11. The fraction of sp³-hybridized carbons (Fsp3) is 0.562. The Hall–Kier alpha value is -1.11. The first kappa shape index (κ1) is 12.3. The summed E-state index contributed by atoms with van der Waals surface area (Å²) in [4.78, 5) is 12.4. The lowest BCUT2D eigenvalue weighted by molar-refractivity contribution is 0.0833. The highest BCUT2D eigenvalue weighted by atomic mass is 16.1. The molecule has 1 nitrogen and oxygen atoms in total. The van der Waals surface area contributed by atoms with Crippen LogP contribution >= 0.6 is 0 Å². The number of fused-ring (bicyclic) bond motifs is 1. The maximum atomic E-state index is 12.4. The van der Waals surface area contributed by atoms with Gasteiger partial charge >= 0.3 is 0 Å². The molecule has 92 valence electrons. The molecule has 0 bridgehead atoms. The quantitative estimate of drug-likeness (QED) is 0.712. The average molecular weight is 230 g/mol. The molecule has 1 aliphatic rings. The maximum Gasteiger partial charge on any atom is 0.168 e. The van der Waals surface area contributed by atoms with Crippen molar-refractivity contribution in [2.45, 2.75) is 52.9 Å². The lowest BCUT2D eigenvalue weighted by Gasteiger charge is -2.22. The van der Waals surface area contributed by atoms with Crippen LogP contribution in [0.15, 0.2) is 18.2 Å². The first-order valence-corrected chi connectivity index (χ1v) is 6.71. The standard InChI is InChI=1S/C16H22O/c1-4-16(2,3)15(17)14-10-9-12-7-5-6-8-13(12)11-14/h9-11H,4-8H2,1-3H3. The molecule has 1 aromatic rings. The second-order valence-electron chi connectivity index (χ2n) is 5.76. The van der Waals surface area contributed by atoms with Crippen LogP contribution in [0.3, 0.4) is 0 Å². The van der Waals surface area contributed by atoms with Crippen molar-refractivity contribution in [3.8, 4) is 0 Å². The monoisotopic (exact) mass is 230 g/mol. The first-order chi connectivity index (χ1) is 8.04. The molecule has 0 aromatic heterocycles. The predicted molar refractivity (Wildman–Crippen MR) is 71.5 cm³/mol. The molecule has 1 aromatic carbocycles. The Kier molecular flexibility index (Phi) is 3.37. The molecular weight excluding hydrogens is 208 g/mol. The van der Waals surface area contributed by atoms with Gasteiger partial charge in [-0.3, -0.25) is 4.79 Å². The van der Waals surface area contributed by atoms with Crippen LogP contribution in [0, 0.1) is 5.41 Å². The summed E-state index contributed by atoms with van der Waals surface area (Å²) in [6.45, 7) is 6.15. The minimum absolute atomic E-state index is 0.233. The lowest BCUT2D eigenvalue weighted by atomic mass is 9.80. The van der Waals surface area contributed by atoms with E-state index in [2.05, 4.69) is 19.1 Å². The van der Waals surface area contributed by atoms with Crippen molar-refractivity contribution in [1.82, 2.24) is 0 Å². The number of aryl methyl sites for hydroxylation is 2. The third kappa shape index (κ3) is 2.43. The Morgan fingerprint density at radius 3 is 2.47 bits per heavy atom. The van der Waals surface area contributed by atoms with E-state index in [4.69, 9.17) is 0 Å². The Balaban J connectivity index is 2.31. The third-order valence-electron chi connectivity index (χ3n) is 4.11. The molecule has 0 spiro atoms. The highest BCUT2D eigenvalue weighted by Gasteiger charge is 2.27. The smallest absolute Gasteiger partial charge is 0.168 e. The number of hydrogen-bond donors (Lipinski definition) is 0. The molecule has 0 atom stereocenters. The van der Waals surface area contributed by atoms with E-state index in [0.29, 0.717) is 0 Å². The van der Waals surface area contributed by atoms with Gasteiger partial charge in [0.05, 0.1) is 0 Å².